The number of hydrogen-bond acceptors (Lipinski definition) is 4. The molecule has 0 aliphatic carbocycles. The summed E-state index contributed by atoms with van der Waals surface area (Å²) in [5, 5.41) is 3.31. The van der Waals surface area contributed by atoms with Crippen LogP contribution in [-0.4, -0.2) is 35.5 Å². The molecule has 2 aromatic rings. The smallest absolute Gasteiger partial charge is 0.245 e. The molecule has 1 aromatic carbocycles. The van der Waals surface area contributed by atoms with Gasteiger partial charge >= 0.3 is 0 Å². The van der Waals surface area contributed by atoms with Gasteiger partial charge in [0.2, 0.25) is 5.91 Å². The molecule has 25 heavy (non-hydrogen) atoms. The largest absolute Gasteiger partial charge is 0.497 e. The quantitative estimate of drug-likeness (QED) is 0.711. The monoisotopic (exact) mass is 339 g/mol. The maximum absolute atomic E-state index is 13.0. The Kier molecular flexibility index (Phi) is 7.01. The number of methoxy groups -OCH3 is 1. The third-order valence-corrected chi connectivity index (χ3v) is 3.87. The van der Waals surface area contributed by atoms with Crippen molar-refractivity contribution in [3.05, 3.63) is 67.0 Å². The molecular weight excluding hydrogens is 314 g/mol. The lowest BCUT2D eigenvalue weighted by Crippen LogP contribution is -2.42. The van der Waals surface area contributed by atoms with E-state index in [2.05, 4.69) is 16.9 Å². The van der Waals surface area contributed by atoms with Gasteiger partial charge in [-0.2, -0.15) is 0 Å². The molecule has 132 valence electrons. The molecule has 0 saturated carbocycles. The van der Waals surface area contributed by atoms with Gasteiger partial charge in [0, 0.05) is 37.2 Å². The zero-order valence-electron chi connectivity index (χ0n) is 14.8. The average molecular weight is 339 g/mol. The molecule has 1 N–H and O–H groups in total. The standard InChI is InChI=1S/C20H25N3O2/c1-4-12-23(15-16-8-7-11-21-14-16)20(24)19(5-2)22-17-9-6-10-18(13-17)25-3/h4,6-11,13-14,19,22H,1,5,12,15H2,2-3H3/t19-/m1/s1. The van der Waals surface area contributed by atoms with Gasteiger partial charge in [0.25, 0.3) is 0 Å². The van der Waals surface area contributed by atoms with Crippen molar-refractivity contribution in [2.75, 3.05) is 19.0 Å². The maximum atomic E-state index is 13.0. The van der Waals surface area contributed by atoms with Crippen LogP contribution in [0.15, 0.2) is 61.4 Å². The Hall–Kier alpha value is -2.82. The van der Waals surface area contributed by atoms with Crippen molar-refractivity contribution in [3.8, 4) is 5.75 Å². The Morgan fingerprint density at radius 3 is 2.88 bits per heavy atom. The molecule has 0 fully saturated rings. The molecule has 1 amide bonds. The molecule has 0 radical (unpaired) electrons. The summed E-state index contributed by atoms with van der Waals surface area (Å²) < 4.78 is 5.24. The van der Waals surface area contributed by atoms with Crippen LogP contribution in [0.4, 0.5) is 5.69 Å². The third kappa shape index (κ3) is 5.35. The molecule has 0 aliphatic heterocycles. The lowest BCUT2D eigenvalue weighted by atomic mass is 10.1. The Morgan fingerprint density at radius 2 is 2.24 bits per heavy atom. The number of ether oxygens (including phenoxy) is 1. The van der Waals surface area contributed by atoms with Gasteiger partial charge in [0.1, 0.15) is 11.8 Å². The number of amides is 1. The van der Waals surface area contributed by atoms with Crippen LogP contribution in [0.1, 0.15) is 18.9 Å². The first kappa shape index (κ1) is 18.5. The Morgan fingerprint density at radius 1 is 1.40 bits per heavy atom. The van der Waals surface area contributed by atoms with Crippen LogP contribution < -0.4 is 10.1 Å². The number of nitrogens with one attached hydrogen (secondary N) is 1. The van der Waals surface area contributed by atoms with E-state index in [1.54, 1.807) is 30.5 Å². The second-order valence-electron chi connectivity index (χ2n) is 5.71. The minimum atomic E-state index is -0.316. The minimum absolute atomic E-state index is 0.0362. The van der Waals surface area contributed by atoms with Gasteiger partial charge in [0.15, 0.2) is 0 Å². The van der Waals surface area contributed by atoms with Gasteiger partial charge in [0.05, 0.1) is 7.11 Å². The fraction of sp³-hybridized carbons (Fsp3) is 0.300. The third-order valence-electron chi connectivity index (χ3n) is 3.87. The first-order chi connectivity index (χ1) is 12.2. The average Bonchev–Trinajstić information content (AvgIpc) is 2.66. The van der Waals surface area contributed by atoms with Gasteiger partial charge in [-0.25, -0.2) is 0 Å². The first-order valence-electron chi connectivity index (χ1n) is 8.37. The minimum Gasteiger partial charge on any atom is -0.497 e. The number of carbonyl (C=O) groups is 1. The Labute approximate surface area is 149 Å². The van der Waals surface area contributed by atoms with E-state index in [1.165, 1.54) is 0 Å². The lowest BCUT2D eigenvalue weighted by molar-refractivity contribution is -0.132. The summed E-state index contributed by atoms with van der Waals surface area (Å²) in [5.41, 5.74) is 1.86. The van der Waals surface area contributed by atoms with Crippen molar-refractivity contribution >= 4 is 11.6 Å². The zero-order valence-corrected chi connectivity index (χ0v) is 14.8. The summed E-state index contributed by atoms with van der Waals surface area (Å²) in [5.74, 6) is 0.791. The summed E-state index contributed by atoms with van der Waals surface area (Å²) in [7, 11) is 1.63. The number of anilines is 1. The van der Waals surface area contributed by atoms with E-state index in [9.17, 15) is 4.79 Å². The number of carbonyl (C=O) groups excluding carboxylic acids is 1. The Balaban J connectivity index is 2.12. The van der Waals surface area contributed by atoms with E-state index < -0.39 is 0 Å². The molecule has 1 heterocycles. The van der Waals surface area contributed by atoms with Crippen molar-refractivity contribution in [1.29, 1.82) is 0 Å². The molecule has 5 heteroatoms. The van der Waals surface area contributed by atoms with Gasteiger partial charge in [-0.05, 0) is 30.2 Å². The van der Waals surface area contributed by atoms with Crippen LogP contribution in [0.5, 0.6) is 5.75 Å². The van der Waals surface area contributed by atoms with Crippen molar-refractivity contribution in [2.24, 2.45) is 0 Å². The molecule has 2 rings (SSSR count). The topological polar surface area (TPSA) is 54.5 Å². The fourth-order valence-electron chi connectivity index (χ4n) is 2.57. The molecule has 1 atom stereocenters. The van der Waals surface area contributed by atoms with Crippen LogP contribution in [0.2, 0.25) is 0 Å². The SMILES string of the molecule is C=CCN(Cc1cccnc1)C(=O)[C@@H](CC)Nc1cccc(OC)c1. The lowest BCUT2D eigenvalue weighted by Gasteiger charge is -2.27. The second-order valence-corrected chi connectivity index (χ2v) is 5.71. The van der Waals surface area contributed by atoms with Crippen LogP contribution in [0, 0.1) is 0 Å². The molecule has 0 unspecified atom stereocenters. The van der Waals surface area contributed by atoms with Crippen molar-refractivity contribution in [3.63, 3.8) is 0 Å². The molecule has 1 aromatic heterocycles. The summed E-state index contributed by atoms with van der Waals surface area (Å²) in [6.07, 6.45) is 5.92. The predicted molar refractivity (Wildman–Crippen MR) is 101 cm³/mol. The number of hydrogen-bond donors (Lipinski definition) is 1. The van der Waals surface area contributed by atoms with Crippen molar-refractivity contribution in [1.82, 2.24) is 9.88 Å². The van der Waals surface area contributed by atoms with E-state index >= 15 is 0 Å². The van der Waals surface area contributed by atoms with Crippen molar-refractivity contribution < 1.29 is 9.53 Å². The molecule has 0 aliphatic rings. The summed E-state index contributed by atoms with van der Waals surface area (Å²) in [6, 6.07) is 11.1. The molecule has 0 saturated heterocycles. The van der Waals surface area contributed by atoms with Gasteiger partial charge in [-0.3, -0.25) is 9.78 Å². The second kappa shape index (κ2) is 9.47. The molecule has 0 spiro atoms. The van der Waals surface area contributed by atoms with Crippen LogP contribution in [-0.2, 0) is 11.3 Å². The van der Waals surface area contributed by atoms with E-state index in [0.717, 1.165) is 17.0 Å². The fourth-order valence-corrected chi connectivity index (χ4v) is 2.57. The highest BCUT2D eigenvalue weighted by molar-refractivity contribution is 5.84. The Bertz CT molecular complexity index is 688. The summed E-state index contributed by atoms with van der Waals surface area (Å²) >= 11 is 0. The molecule has 0 bridgehead atoms. The summed E-state index contributed by atoms with van der Waals surface area (Å²) in [4.78, 5) is 18.9. The van der Waals surface area contributed by atoms with E-state index in [0.29, 0.717) is 19.5 Å². The van der Waals surface area contributed by atoms with E-state index in [1.807, 2.05) is 43.3 Å². The van der Waals surface area contributed by atoms with Crippen LogP contribution in [0.3, 0.4) is 0 Å². The first-order valence-corrected chi connectivity index (χ1v) is 8.37. The predicted octanol–water partition coefficient (Wildman–Crippen LogP) is 3.50. The number of rotatable bonds is 9. The van der Waals surface area contributed by atoms with E-state index in [-0.39, 0.29) is 11.9 Å². The molecular formula is C20H25N3O2. The van der Waals surface area contributed by atoms with Crippen molar-refractivity contribution in [2.45, 2.75) is 25.9 Å². The number of nitrogens with zero attached hydrogens (tertiary/aromatic N) is 2. The number of pyridine rings is 1. The van der Waals surface area contributed by atoms with Gasteiger partial charge in [-0.1, -0.05) is 25.1 Å². The zero-order chi connectivity index (χ0) is 18.1. The highest BCUT2D eigenvalue weighted by Crippen LogP contribution is 2.19. The van der Waals surface area contributed by atoms with E-state index in [4.69, 9.17) is 4.74 Å². The van der Waals surface area contributed by atoms with Gasteiger partial charge in [-0.15, -0.1) is 6.58 Å². The summed E-state index contributed by atoms with van der Waals surface area (Å²) in [6.45, 7) is 6.76. The number of benzene rings is 1. The normalized spacial score (nSPS) is 11.4. The maximum Gasteiger partial charge on any atom is 0.245 e. The van der Waals surface area contributed by atoms with Crippen LogP contribution >= 0.6 is 0 Å². The van der Waals surface area contributed by atoms with Crippen LogP contribution in [0.25, 0.3) is 0 Å². The number of aromatic nitrogens is 1. The van der Waals surface area contributed by atoms with Gasteiger partial charge < -0.3 is 15.0 Å². The highest BCUT2D eigenvalue weighted by atomic mass is 16.5. The highest BCUT2D eigenvalue weighted by Gasteiger charge is 2.22. The molecule has 5 nitrogen and oxygen atoms in total.